The molecule has 0 spiro atoms. The lowest BCUT2D eigenvalue weighted by molar-refractivity contribution is -0.142. The fraction of sp³-hybridized carbons (Fsp3) is 0.250. The highest BCUT2D eigenvalue weighted by Gasteiger charge is 2.36. The van der Waals surface area contributed by atoms with Crippen LogP contribution in [0.15, 0.2) is 18.6 Å². The molecule has 20 heavy (non-hydrogen) atoms. The van der Waals surface area contributed by atoms with Gasteiger partial charge in [-0.3, -0.25) is 4.79 Å². The number of aromatic amines is 2. The Morgan fingerprint density at radius 1 is 1.45 bits per heavy atom. The molecule has 0 aromatic carbocycles. The Morgan fingerprint density at radius 2 is 2.25 bits per heavy atom. The summed E-state index contributed by atoms with van der Waals surface area (Å²) in [6, 6.07) is 0.547. The highest BCUT2D eigenvalue weighted by atomic mass is 35.5. The third-order valence-electron chi connectivity index (χ3n) is 3.32. The molecule has 3 N–H and O–H groups in total. The molecule has 0 fully saturated rings. The van der Waals surface area contributed by atoms with Gasteiger partial charge in [-0.05, 0) is 6.07 Å². The van der Waals surface area contributed by atoms with Crippen molar-refractivity contribution in [2.24, 2.45) is 0 Å². The number of nitrogens with one attached hydrogen (secondary N) is 2. The van der Waals surface area contributed by atoms with E-state index in [1.807, 2.05) is 0 Å². The van der Waals surface area contributed by atoms with Crippen LogP contribution in [0.2, 0.25) is 5.02 Å². The number of hydrogen-bond donors (Lipinski definition) is 3. The summed E-state index contributed by atoms with van der Waals surface area (Å²) < 4.78 is 0. The van der Waals surface area contributed by atoms with Crippen LogP contribution in [0.4, 0.5) is 0 Å². The topological polar surface area (TPSA) is 102 Å². The number of imidazole rings is 1. The Hall–Kier alpha value is -2.28. The predicted molar refractivity (Wildman–Crippen MR) is 69.4 cm³/mol. The van der Waals surface area contributed by atoms with Crippen LogP contribution in [0.1, 0.15) is 21.9 Å². The maximum absolute atomic E-state index is 12.4. The molecule has 0 saturated heterocycles. The first-order valence-corrected chi connectivity index (χ1v) is 6.33. The lowest BCUT2D eigenvalue weighted by Gasteiger charge is -2.31. The zero-order valence-electron chi connectivity index (χ0n) is 10.3. The second kappa shape index (κ2) is 4.68. The van der Waals surface area contributed by atoms with Gasteiger partial charge in [0.05, 0.1) is 29.3 Å². The molecule has 3 rings (SSSR count). The summed E-state index contributed by atoms with van der Waals surface area (Å²) in [4.78, 5) is 34.8. The fourth-order valence-electron chi connectivity index (χ4n) is 2.32. The van der Waals surface area contributed by atoms with Crippen LogP contribution in [0.25, 0.3) is 0 Å². The average molecular weight is 295 g/mol. The highest BCUT2D eigenvalue weighted by molar-refractivity contribution is 6.31. The second-order valence-corrected chi connectivity index (χ2v) is 4.99. The molecule has 1 atom stereocenters. The number of carboxylic acid groups (broad SMARTS) is 1. The first-order valence-electron chi connectivity index (χ1n) is 5.95. The van der Waals surface area contributed by atoms with E-state index in [0.717, 1.165) is 5.69 Å². The van der Waals surface area contributed by atoms with E-state index < -0.39 is 17.9 Å². The van der Waals surface area contributed by atoms with Gasteiger partial charge in [-0.25, -0.2) is 9.78 Å². The first-order chi connectivity index (χ1) is 9.56. The Bertz CT molecular complexity index is 678. The molecule has 0 saturated carbocycles. The summed E-state index contributed by atoms with van der Waals surface area (Å²) in [5, 5.41) is 9.71. The number of rotatable bonds is 2. The van der Waals surface area contributed by atoms with Gasteiger partial charge in [-0.1, -0.05) is 11.6 Å². The Balaban J connectivity index is 1.94. The lowest BCUT2D eigenvalue weighted by Crippen LogP contribution is -2.48. The van der Waals surface area contributed by atoms with Gasteiger partial charge in [0.25, 0.3) is 5.91 Å². The summed E-state index contributed by atoms with van der Waals surface area (Å²) in [7, 11) is 0. The van der Waals surface area contributed by atoms with Crippen molar-refractivity contribution in [2.45, 2.75) is 19.0 Å². The van der Waals surface area contributed by atoms with Crippen LogP contribution in [0.5, 0.6) is 0 Å². The number of H-pyrrole nitrogens is 2. The molecule has 1 amide bonds. The number of aliphatic carboxylic acids is 1. The van der Waals surface area contributed by atoms with E-state index >= 15 is 0 Å². The molecule has 3 heterocycles. The van der Waals surface area contributed by atoms with Gasteiger partial charge in [0.15, 0.2) is 0 Å². The zero-order chi connectivity index (χ0) is 14.3. The third kappa shape index (κ3) is 2.05. The number of halogens is 1. The van der Waals surface area contributed by atoms with Crippen LogP contribution in [0, 0.1) is 0 Å². The van der Waals surface area contributed by atoms with Crippen molar-refractivity contribution in [1.82, 2.24) is 19.9 Å². The van der Waals surface area contributed by atoms with Crippen LogP contribution >= 0.6 is 11.6 Å². The number of nitrogens with zero attached hydrogens (tertiary/aromatic N) is 2. The molecule has 0 radical (unpaired) electrons. The molecule has 104 valence electrons. The van der Waals surface area contributed by atoms with Gasteiger partial charge in [0, 0.05) is 12.6 Å². The molecule has 2 aromatic rings. The van der Waals surface area contributed by atoms with E-state index in [-0.39, 0.29) is 18.7 Å². The maximum atomic E-state index is 12.4. The summed E-state index contributed by atoms with van der Waals surface area (Å²) in [6.07, 6.45) is 3.17. The molecule has 0 aliphatic carbocycles. The minimum atomic E-state index is -1.05. The van der Waals surface area contributed by atoms with Gasteiger partial charge in [-0.15, -0.1) is 0 Å². The number of hydrogen-bond acceptors (Lipinski definition) is 3. The van der Waals surface area contributed by atoms with E-state index in [4.69, 9.17) is 11.6 Å². The van der Waals surface area contributed by atoms with Crippen LogP contribution in [0.3, 0.4) is 0 Å². The average Bonchev–Trinajstić information content (AvgIpc) is 3.04. The van der Waals surface area contributed by atoms with Crippen LogP contribution in [-0.4, -0.2) is 42.9 Å². The van der Waals surface area contributed by atoms with Crippen molar-refractivity contribution in [2.75, 3.05) is 0 Å². The third-order valence-corrected chi connectivity index (χ3v) is 3.54. The van der Waals surface area contributed by atoms with Gasteiger partial charge < -0.3 is 20.0 Å². The molecular formula is C12H11ClN4O3. The zero-order valence-corrected chi connectivity index (χ0v) is 11.0. The van der Waals surface area contributed by atoms with Gasteiger partial charge in [0.1, 0.15) is 11.7 Å². The molecule has 1 aliphatic heterocycles. The van der Waals surface area contributed by atoms with E-state index in [1.54, 1.807) is 0 Å². The van der Waals surface area contributed by atoms with Crippen molar-refractivity contribution < 1.29 is 14.7 Å². The van der Waals surface area contributed by atoms with Gasteiger partial charge in [0.2, 0.25) is 0 Å². The monoisotopic (exact) mass is 294 g/mol. The normalized spacial score (nSPS) is 17.9. The summed E-state index contributed by atoms with van der Waals surface area (Å²) in [6.45, 7) is 0.182. The lowest BCUT2D eigenvalue weighted by atomic mass is 10.0. The smallest absolute Gasteiger partial charge is 0.326 e. The van der Waals surface area contributed by atoms with Gasteiger partial charge >= 0.3 is 5.97 Å². The molecule has 1 unspecified atom stereocenters. The van der Waals surface area contributed by atoms with E-state index in [2.05, 4.69) is 15.0 Å². The number of amides is 1. The second-order valence-electron chi connectivity index (χ2n) is 4.55. The molecular weight excluding hydrogens is 284 g/mol. The summed E-state index contributed by atoms with van der Waals surface area (Å²) in [5.74, 6) is -1.45. The quantitative estimate of drug-likeness (QED) is 0.770. The highest BCUT2D eigenvalue weighted by Crippen LogP contribution is 2.23. The molecule has 1 aliphatic rings. The molecule has 7 nitrogen and oxygen atoms in total. The Kier molecular flexibility index (Phi) is 2.98. The number of carbonyl (C=O) groups is 2. The van der Waals surface area contributed by atoms with Crippen molar-refractivity contribution >= 4 is 23.5 Å². The van der Waals surface area contributed by atoms with Crippen molar-refractivity contribution in [3.63, 3.8) is 0 Å². The first kappa shape index (κ1) is 12.7. The standard InChI is InChI=1S/C12H11ClN4O3/c13-6-1-8(14-3-6)11(18)17-4-9-7(15-5-16-9)2-10(17)12(19)20/h1,3,5,10,14H,2,4H2,(H,15,16)(H,19,20). The maximum Gasteiger partial charge on any atom is 0.326 e. The van der Waals surface area contributed by atoms with E-state index in [1.165, 1.54) is 23.5 Å². The number of carbonyl (C=O) groups excluding carboxylic acids is 1. The van der Waals surface area contributed by atoms with Crippen LogP contribution in [-0.2, 0) is 17.8 Å². The number of carboxylic acids is 1. The minimum absolute atomic E-state index is 0.182. The SMILES string of the molecule is O=C(O)C1Cc2nc[nH]c2CN1C(=O)c1cc(Cl)c[nH]1. The Labute approximate surface area is 118 Å². The minimum Gasteiger partial charge on any atom is -0.480 e. The van der Waals surface area contributed by atoms with Gasteiger partial charge in [-0.2, -0.15) is 0 Å². The van der Waals surface area contributed by atoms with Crippen molar-refractivity contribution in [3.05, 3.63) is 40.7 Å². The van der Waals surface area contributed by atoms with Crippen LogP contribution < -0.4 is 0 Å². The summed E-state index contributed by atoms with van der Waals surface area (Å²) in [5.41, 5.74) is 1.71. The van der Waals surface area contributed by atoms with E-state index in [9.17, 15) is 14.7 Å². The molecule has 0 bridgehead atoms. The number of fused-ring (bicyclic) bond motifs is 1. The summed E-state index contributed by atoms with van der Waals surface area (Å²) >= 11 is 5.77. The molecule has 2 aromatic heterocycles. The van der Waals surface area contributed by atoms with Crippen molar-refractivity contribution in [3.8, 4) is 0 Å². The molecule has 8 heteroatoms. The van der Waals surface area contributed by atoms with Crippen molar-refractivity contribution in [1.29, 1.82) is 0 Å². The predicted octanol–water partition coefficient (Wildman–Crippen LogP) is 1.04. The van der Waals surface area contributed by atoms with E-state index in [0.29, 0.717) is 10.7 Å². The Morgan fingerprint density at radius 3 is 2.90 bits per heavy atom. The number of aromatic nitrogens is 3. The fourth-order valence-corrected chi connectivity index (χ4v) is 2.48. The largest absolute Gasteiger partial charge is 0.480 e.